The number of halogens is 1. The lowest BCUT2D eigenvalue weighted by Crippen LogP contribution is -2.22. The van der Waals surface area contributed by atoms with Gasteiger partial charge in [-0.15, -0.1) is 0 Å². The third-order valence-electron chi connectivity index (χ3n) is 3.48. The Hall–Kier alpha value is -1.97. The van der Waals surface area contributed by atoms with Crippen LogP contribution in [0.4, 0.5) is 4.39 Å². The molecular formula is C17H22FN3OSi. The lowest BCUT2D eigenvalue weighted by molar-refractivity contribution is 0.0786. The lowest BCUT2D eigenvalue weighted by atomic mass is 10.0. The van der Waals surface area contributed by atoms with E-state index in [0.29, 0.717) is 17.9 Å². The Morgan fingerprint density at radius 3 is 2.83 bits per heavy atom. The number of hydrogen-bond donors (Lipinski definition) is 0. The molecule has 0 saturated carbocycles. The Kier molecular flexibility index (Phi) is 5.69. The second-order valence-corrected chi connectivity index (χ2v) is 12.4. The summed E-state index contributed by atoms with van der Waals surface area (Å²) < 4.78 is 21.3. The molecule has 4 nitrogen and oxygen atoms in total. The molecule has 0 radical (unpaired) electrons. The quantitative estimate of drug-likeness (QED) is 0.568. The van der Waals surface area contributed by atoms with Crippen LogP contribution in [0, 0.1) is 17.1 Å². The van der Waals surface area contributed by atoms with E-state index in [1.807, 2.05) is 0 Å². The Bertz CT molecular complexity index is 701. The summed E-state index contributed by atoms with van der Waals surface area (Å²) in [5.41, 5.74) is 1.95. The first-order valence-electron chi connectivity index (χ1n) is 7.65. The molecule has 2 rings (SSSR count). The largest absolute Gasteiger partial charge is 0.360 e. The van der Waals surface area contributed by atoms with E-state index in [9.17, 15) is 4.39 Å². The van der Waals surface area contributed by atoms with Crippen LogP contribution in [-0.2, 0) is 17.9 Å². The first kappa shape index (κ1) is 17.4. The Labute approximate surface area is 137 Å². The minimum Gasteiger partial charge on any atom is -0.360 e. The van der Waals surface area contributed by atoms with Crippen molar-refractivity contribution in [2.75, 3.05) is 6.61 Å². The van der Waals surface area contributed by atoms with Gasteiger partial charge in [0.25, 0.3) is 0 Å². The van der Waals surface area contributed by atoms with Crippen LogP contribution in [0.25, 0.3) is 11.1 Å². The molecule has 23 heavy (non-hydrogen) atoms. The SMILES string of the molecule is C[Si](C)(C)CCOCn1cc(-c2cc(CC#N)ccc2F)cn1. The molecule has 1 aromatic heterocycles. The highest BCUT2D eigenvalue weighted by molar-refractivity contribution is 6.76. The molecule has 0 aliphatic carbocycles. The van der Waals surface area contributed by atoms with E-state index in [0.717, 1.165) is 18.2 Å². The van der Waals surface area contributed by atoms with Gasteiger partial charge in [-0.1, -0.05) is 25.7 Å². The van der Waals surface area contributed by atoms with Gasteiger partial charge in [-0.3, -0.25) is 0 Å². The molecule has 2 aromatic rings. The van der Waals surface area contributed by atoms with Crippen molar-refractivity contribution in [2.24, 2.45) is 0 Å². The summed E-state index contributed by atoms with van der Waals surface area (Å²) in [6, 6.07) is 7.90. The summed E-state index contributed by atoms with van der Waals surface area (Å²) in [5, 5.41) is 13.0. The van der Waals surface area contributed by atoms with Crippen LogP contribution in [0.3, 0.4) is 0 Å². The van der Waals surface area contributed by atoms with Crippen molar-refractivity contribution in [2.45, 2.75) is 38.8 Å². The molecule has 0 aliphatic rings. The number of nitriles is 1. The van der Waals surface area contributed by atoms with Crippen LogP contribution in [0.2, 0.25) is 25.7 Å². The van der Waals surface area contributed by atoms with Crippen molar-refractivity contribution in [3.63, 3.8) is 0 Å². The number of aromatic nitrogens is 2. The molecule has 122 valence electrons. The molecule has 0 spiro atoms. The monoisotopic (exact) mass is 331 g/mol. The van der Waals surface area contributed by atoms with E-state index in [1.165, 1.54) is 6.07 Å². The molecule has 0 bridgehead atoms. The Morgan fingerprint density at radius 2 is 2.13 bits per heavy atom. The maximum atomic E-state index is 14.0. The number of nitrogens with zero attached hydrogens (tertiary/aromatic N) is 3. The number of ether oxygens (including phenoxy) is 1. The lowest BCUT2D eigenvalue weighted by Gasteiger charge is -2.15. The molecule has 0 saturated heterocycles. The molecule has 0 N–H and O–H groups in total. The summed E-state index contributed by atoms with van der Waals surface area (Å²) in [6.45, 7) is 8.00. The van der Waals surface area contributed by atoms with Gasteiger partial charge in [0.1, 0.15) is 12.5 Å². The van der Waals surface area contributed by atoms with Gasteiger partial charge in [0, 0.05) is 32.0 Å². The summed E-state index contributed by atoms with van der Waals surface area (Å²) in [4.78, 5) is 0. The Balaban J connectivity index is 2.02. The van der Waals surface area contributed by atoms with Crippen molar-refractivity contribution < 1.29 is 9.13 Å². The van der Waals surface area contributed by atoms with Crippen molar-refractivity contribution in [1.82, 2.24) is 9.78 Å². The summed E-state index contributed by atoms with van der Waals surface area (Å²) in [5.74, 6) is -0.314. The van der Waals surface area contributed by atoms with Crippen molar-refractivity contribution in [1.29, 1.82) is 5.26 Å². The molecule has 0 unspecified atom stereocenters. The van der Waals surface area contributed by atoms with Gasteiger partial charge < -0.3 is 4.74 Å². The van der Waals surface area contributed by atoms with E-state index in [2.05, 4.69) is 30.8 Å². The topological polar surface area (TPSA) is 50.8 Å². The number of rotatable bonds is 7. The molecule has 1 heterocycles. The molecule has 0 fully saturated rings. The predicted octanol–water partition coefficient (Wildman–Crippen LogP) is 4.07. The van der Waals surface area contributed by atoms with Crippen LogP contribution in [-0.4, -0.2) is 24.5 Å². The van der Waals surface area contributed by atoms with Crippen LogP contribution in [0.5, 0.6) is 0 Å². The minimum absolute atomic E-state index is 0.265. The van der Waals surface area contributed by atoms with Crippen LogP contribution >= 0.6 is 0 Å². The maximum absolute atomic E-state index is 14.0. The zero-order chi connectivity index (χ0) is 16.9. The average Bonchev–Trinajstić information content (AvgIpc) is 2.94. The average molecular weight is 331 g/mol. The van der Waals surface area contributed by atoms with Crippen molar-refractivity contribution in [3.8, 4) is 17.2 Å². The van der Waals surface area contributed by atoms with E-state index in [1.54, 1.807) is 29.2 Å². The zero-order valence-corrected chi connectivity index (χ0v) is 14.8. The molecule has 6 heteroatoms. The van der Waals surface area contributed by atoms with E-state index < -0.39 is 8.07 Å². The van der Waals surface area contributed by atoms with Gasteiger partial charge in [-0.05, 0) is 23.7 Å². The third-order valence-corrected chi connectivity index (χ3v) is 5.18. The highest BCUT2D eigenvalue weighted by atomic mass is 28.3. The van der Waals surface area contributed by atoms with Gasteiger partial charge >= 0.3 is 0 Å². The second-order valence-electron chi connectivity index (χ2n) is 6.77. The van der Waals surface area contributed by atoms with Crippen LogP contribution in [0.1, 0.15) is 5.56 Å². The fourth-order valence-electron chi connectivity index (χ4n) is 2.10. The zero-order valence-electron chi connectivity index (χ0n) is 13.8. The molecule has 1 aromatic carbocycles. The number of benzene rings is 1. The van der Waals surface area contributed by atoms with Crippen LogP contribution in [0.15, 0.2) is 30.6 Å². The predicted molar refractivity (Wildman–Crippen MR) is 91.0 cm³/mol. The normalized spacial score (nSPS) is 11.4. The first-order valence-corrected chi connectivity index (χ1v) is 11.4. The molecule has 0 aliphatic heterocycles. The highest BCUT2D eigenvalue weighted by Crippen LogP contribution is 2.24. The minimum atomic E-state index is -1.10. The number of hydrogen-bond acceptors (Lipinski definition) is 3. The molecular weight excluding hydrogens is 309 g/mol. The summed E-state index contributed by atoms with van der Waals surface area (Å²) >= 11 is 0. The van der Waals surface area contributed by atoms with E-state index in [-0.39, 0.29) is 12.2 Å². The fraction of sp³-hybridized carbons (Fsp3) is 0.412. The van der Waals surface area contributed by atoms with Crippen LogP contribution < -0.4 is 0 Å². The van der Waals surface area contributed by atoms with Gasteiger partial charge in [-0.2, -0.15) is 10.4 Å². The van der Waals surface area contributed by atoms with Crippen molar-refractivity contribution >= 4 is 8.07 Å². The van der Waals surface area contributed by atoms with Gasteiger partial charge in [-0.25, -0.2) is 9.07 Å². The molecule has 0 atom stereocenters. The fourth-order valence-corrected chi connectivity index (χ4v) is 2.86. The smallest absolute Gasteiger partial charge is 0.139 e. The standard InChI is InChI=1S/C17H22FN3OSi/c1-23(2,3)9-8-22-13-21-12-15(11-20-21)16-10-14(6-7-19)4-5-17(16)18/h4-5,10-12H,6,8-9,13H2,1-3H3. The van der Waals surface area contributed by atoms with Crippen molar-refractivity contribution in [3.05, 3.63) is 42.0 Å². The van der Waals surface area contributed by atoms with Gasteiger partial charge in [0.15, 0.2) is 0 Å². The van der Waals surface area contributed by atoms with E-state index >= 15 is 0 Å². The summed E-state index contributed by atoms with van der Waals surface area (Å²) in [7, 11) is -1.10. The maximum Gasteiger partial charge on any atom is 0.139 e. The Morgan fingerprint density at radius 1 is 1.35 bits per heavy atom. The third kappa shape index (κ3) is 5.30. The first-order chi connectivity index (χ1) is 10.9. The molecule has 0 amide bonds. The second kappa shape index (κ2) is 7.53. The van der Waals surface area contributed by atoms with Gasteiger partial charge in [0.2, 0.25) is 0 Å². The highest BCUT2D eigenvalue weighted by Gasteiger charge is 2.12. The van der Waals surface area contributed by atoms with E-state index in [4.69, 9.17) is 10.00 Å². The van der Waals surface area contributed by atoms with Gasteiger partial charge in [0.05, 0.1) is 18.7 Å². The summed E-state index contributed by atoms with van der Waals surface area (Å²) in [6.07, 6.45) is 3.65.